The standard InChI is InChI=1S/C20H21F3N6O2/c1-12-13(2)17(26-29-16(12)24-25-19(29)20(21,22)23)27-8-10-28(11-9-27)18(30)14-4-6-15(31-3)7-5-14/h4-7H,8-11H2,1-3H3. The number of aryl methyl sites for hydroxylation is 1. The third-order valence-electron chi connectivity index (χ3n) is 5.53. The van der Waals surface area contributed by atoms with Crippen LogP contribution in [0.2, 0.25) is 0 Å². The van der Waals surface area contributed by atoms with E-state index in [-0.39, 0.29) is 11.6 Å². The summed E-state index contributed by atoms with van der Waals surface area (Å²) >= 11 is 0. The molecule has 3 heterocycles. The molecule has 8 nitrogen and oxygen atoms in total. The molecule has 0 aliphatic carbocycles. The maximum atomic E-state index is 13.3. The Hall–Kier alpha value is -3.37. The lowest BCUT2D eigenvalue weighted by atomic mass is 10.1. The van der Waals surface area contributed by atoms with E-state index in [9.17, 15) is 18.0 Å². The van der Waals surface area contributed by atoms with Crippen molar-refractivity contribution in [1.29, 1.82) is 0 Å². The summed E-state index contributed by atoms with van der Waals surface area (Å²) in [6.45, 7) is 5.26. The van der Waals surface area contributed by atoms with Crippen molar-refractivity contribution in [2.75, 3.05) is 38.2 Å². The quantitative estimate of drug-likeness (QED) is 0.631. The van der Waals surface area contributed by atoms with Gasteiger partial charge < -0.3 is 14.5 Å². The Bertz CT molecular complexity index is 1120. The van der Waals surface area contributed by atoms with Gasteiger partial charge >= 0.3 is 6.18 Å². The molecule has 1 aromatic carbocycles. The molecule has 3 aromatic rings. The van der Waals surface area contributed by atoms with Crippen LogP contribution in [-0.4, -0.2) is 63.9 Å². The monoisotopic (exact) mass is 434 g/mol. The van der Waals surface area contributed by atoms with Gasteiger partial charge in [0, 0.05) is 42.9 Å². The van der Waals surface area contributed by atoms with Gasteiger partial charge in [-0.15, -0.1) is 15.3 Å². The van der Waals surface area contributed by atoms with Crippen LogP contribution in [0.5, 0.6) is 5.75 Å². The fourth-order valence-electron chi connectivity index (χ4n) is 3.63. The Kier molecular flexibility index (Phi) is 5.19. The zero-order valence-corrected chi connectivity index (χ0v) is 17.3. The lowest BCUT2D eigenvalue weighted by Crippen LogP contribution is -2.49. The van der Waals surface area contributed by atoms with Crippen LogP contribution < -0.4 is 9.64 Å². The third-order valence-corrected chi connectivity index (χ3v) is 5.53. The van der Waals surface area contributed by atoms with E-state index in [1.807, 2.05) is 4.90 Å². The van der Waals surface area contributed by atoms with Crippen LogP contribution >= 0.6 is 0 Å². The number of anilines is 1. The molecule has 0 atom stereocenters. The molecule has 4 rings (SSSR count). The van der Waals surface area contributed by atoms with Crippen molar-refractivity contribution in [3.63, 3.8) is 0 Å². The molecule has 1 amide bonds. The highest BCUT2D eigenvalue weighted by Gasteiger charge is 2.38. The molecule has 0 radical (unpaired) electrons. The number of nitrogens with zero attached hydrogens (tertiary/aromatic N) is 6. The summed E-state index contributed by atoms with van der Waals surface area (Å²) in [4.78, 5) is 16.4. The van der Waals surface area contributed by atoms with Crippen molar-refractivity contribution in [3.05, 3.63) is 46.8 Å². The van der Waals surface area contributed by atoms with Crippen molar-refractivity contribution in [3.8, 4) is 5.75 Å². The SMILES string of the molecule is COc1ccc(C(=O)N2CCN(c3nn4c(C(F)(F)F)nnc4c(C)c3C)CC2)cc1. The van der Waals surface area contributed by atoms with Gasteiger partial charge in [0.25, 0.3) is 11.7 Å². The van der Waals surface area contributed by atoms with Crippen molar-refractivity contribution >= 4 is 17.4 Å². The van der Waals surface area contributed by atoms with Crippen LogP contribution in [0.25, 0.3) is 5.65 Å². The summed E-state index contributed by atoms with van der Waals surface area (Å²) in [5.74, 6) is -0.148. The number of carbonyl (C=O) groups excluding carboxylic acids is 1. The summed E-state index contributed by atoms with van der Waals surface area (Å²) in [7, 11) is 1.56. The van der Waals surface area contributed by atoms with Gasteiger partial charge in [-0.1, -0.05) is 0 Å². The normalized spacial score (nSPS) is 14.9. The third kappa shape index (κ3) is 3.75. The van der Waals surface area contributed by atoms with Gasteiger partial charge in [0.1, 0.15) is 5.75 Å². The summed E-state index contributed by atoms with van der Waals surface area (Å²) < 4.78 is 45.7. The second kappa shape index (κ2) is 7.71. The predicted molar refractivity (Wildman–Crippen MR) is 106 cm³/mol. The summed E-state index contributed by atoms with van der Waals surface area (Å²) in [5.41, 5.74) is 1.97. The largest absolute Gasteiger partial charge is 0.497 e. The van der Waals surface area contributed by atoms with Crippen molar-refractivity contribution in [2.45, 2.75) is 20.0 Å². The average Bonchev–Trinajstić information content (AvgIpc) is 3.21. The topological polar surface area (TPSA) is 75.9 Å². The molecule has 0 N–H and O–H groups in total. The van der Waals surface area contributed by atoms with Crippen LogP contribution in [0, 0.1) is 13.8 Å². The second-order valence-corrected chi connectivity index (χ2v) is 7.34. The van der Waals surface area contributed by atoms with Gasteiger partial charge in [-0.2, -0.15) is 17.7 Å². The molecule has 1 aliphatic rings. The van der Waals surface area contributed by atoms with E-state index in [0.717, 1.165) is 10.1 Å². The van der Waals surface area contributed by atoms with E-state index >= 15 is 0 Å². The minimum atomic E-state index is -4.66. The molecule has 11 heteroatoms. The summed E-state index contributed by atoms with van der Waals surface area (Å²) in [6.07, 6.45) is -4.66. The predicted octanol–water partition coefficient (Wildman–Crippen LogP) is 2.73. The first-order valence-electron chi connectivity index (χ1n) is 9.68. The van der Waals surface area contributed by atoms with Crippen LogP contribution in [-0.2, 0) is 6.18 Å². The van der Waals surface area contributed by atoms with Gasteiger partial charge in [-0.25, -0.2) is 0 Å². The minimum absolute atomic E-state index is 0.0851. The van der Waals surface area contributed by atoms with Crippen molar-refractivity contribution in [1.82, 2.24) is 24.7 Å². The Labute approximate surface area is 176 Å². The Morgan fingerprint density at radius 2 is 1.65 bits per heavy atom. The Morgan fingerprint density at radius 3 is 2.23 bits per heavy atom. The molecule has 0 bridgehead atoms. The molecule has 1 aliphatic heterocycles. The number of amides is 1. The number of methoxy groups -OCH3 is 1. The van der Waals surface area contributed by atoms with Crippen LogP contribution in [0.3, 0.4) is 0 Å². The smallest absolute Gasteiger partial charge is 0.453 e. The van der Waals surface area contributed by atoms with E-state index in [2.05, 4.69) is 15.3 Å². The number of hydrogen-bond donors (Lipinski definition) is 0. The molecule has 0 unspecified atom stereocenters. The number of rotatable bonds is 3. The second-order valence-electron chi connectivity index (χ2n) is 7.34. The molecule has 164 valence electrons. The first-order valence-corrected chi connectivity index (χ1v) is 9.68. The number of ether oxygens (including phenoxy) is 1. The number of benzene rings is 1. The number of fused-ring (bicyclic) bond motifs is 1. The number of piperazine rings is 1. The summed E-state index contributed by atoms with van der Waals surface area (Å²) in [6, 6.07) is 6.88. The van der Waals surface area contributed by atoms with Crippen LogP contribution in [0.1, 0.15) is 27.3 Å². The Morgan fingerprint density at radius 1 is 1.00 bits per heavy atom. The van der Waals surface area contributed by atoms with Gasteiger partial charge in [-0.3, -0.25) is 4.79 Å². The number of halogens is 3. The Balaban J connectivity index is 1.55. The van der Waals surface area contributed by atoms with Gasteiger partial charge in [-0.05, 0) is 38.1 Å². The van der Waals surface area contributed by atoms with Crippen molar-refractivity contribution < 1.29 is 22.7 Å². The highest BCUT2D eigenvalue weighted by atomic mass is 19.4. The molecule has 1 fully saturated rings. The van der Waals surface area contributed by atoms with Gasteiger partial charge in [0.15, 0.2) is 11.5 Å². The zero-order valence-electron chi connectivity index (χ0n) is 17.3. The highest BCUT2D eigenvalue weighted by Crippen LogP contribution is 2.31. The minimum Gasteiger partial charge on any atom is -0.497 e. The molecule has 31 heavy (non-hydrogen) atoms. The molecule has 1 saturated heterocycles. The van der Waals surface area contributed by atoms with Crippen LogP contribution in [0.15, 0.2) is 24.3 Å². The zero-order chi connectivity index (χ0) is 22.3. The van der Waals surface area contributed by atoms with E-state index in [1.165, 1.54) is 0 Å². The first kappa shape index (κ1) is 20.9. The van der Waals surface area contributed by atoms with Gasteiger partial charge in [0.2, 0.25) is 0 Å². The molecule has 0 saturated carbocycles. The summed E-state index contributed by atoms with van der Waals surface area (Å²) in [5, 5.41) is 11.2. The van der Waals surface area contributed by atoms with E-state index in [4.69, 9.17) is 4.74 Å². The maximum absolute atomic E-state index is 13.3. The van der Waals surface area contributed by atoms with E-state index in [0.29, 0.717) is 48.9 Å². The molecule has 2 aromatic heterocycles. The molecular formula is C20H21F3N6O2. The molecular weight excluding hydrogens is 413 g/mol. The van der Waals surface area contributed by atoms with Crippen molar-refractivity contribution in [2.24, 2.45) is 0 Å². The van der Waals surface area contributed by atoms with Crippen LogP contribution in [0.4, 0.5) is 19.0 Å². The number of alkyl halides is 3. The fourth-order valence-corrected chi connectivity index (χ4v) is 3.63. The number of hydrogen-bond acceptors (Lipinski definition) is 6. The lowest BCUT2D eigenvalue weighted by Gasteiger charge is -2.36. The number of carbonyl (C=O) groups is 1. The maximum Gasteiger partial charge on any atom is 0.453 e. The lowest BCUT2D eigenvalue weighted by molar-refractivity contribution is -0.146. The number of aromatic nitrogens is 4. The fraction of sp³-hybridized carbons (Fsp3) is 0.400. The average molecular weight is 434 g/mol. The van der Waals surface area contributed by atoms with E-state index < -0.39 is 12.0 Å². The highest BCUT2D eigenvalue weighted by molar-refractivity contribution is 5.94. The van der Waals surface area contributed by atoms with Gasteiger partial charge in [0.05, 0.1) is 7.11 Å². The first-order chi connectivity index (χ1) is 14.7. The van der Waals surface area contributed by atoms with E-state index in [1.54, 1.807) is 50.1 Å². The molecule has 0 spiro atoms.